The summed E-state index contributed by atoms with van der Waals surface area (Å²) in [4.78, 5) is 0. The van der Waals surface area contributed by atoms with E-state index in [1.54, 1.807) is 6.92 Å². The summed E-state index contributed by atoms with van der Waals surface area (Å²) in [6.45, 7) is 3.94. The van der Waals surface area contributed by atoms with E-state index in [0.29, 0.717) is 17.8 Å². The lowest BCUT2D eigenvalue weighted by Crippen LogP contribution is -2.35. The zero-order valence-electron chi connectivity index (χ0n) is 11.0. The Morgan fingerprint density at radius 1 is 1.21 bits per heavy atom. The number of anilines is 1. The summed E-state index contributed by atoms with van der Waals surface area (Å²) in [6.07, 6.45) is 2.27. The van der Waals surface area contributed by atoms with E-state index in [2.05, 4.69) is 26.9 Å². The normalized spacial score (nSPS) is 16.5. The first-order valence-corrected chi connectivity index (χ1v) is 6.70. The number of hydrogen-bond acceptors (Lipinski definition) is 5. The van der Waals surface area contributed by atoms with Gasteiger partial charge in [-0.3, -0.25) is 0 Å². The molecule has 1 aliphatic rings. The first kappa shape index (κ1) is 12.2. The van der Waals surface area contributed by atoms with Crippen molar-refractivity contribution in [2.45, 2.75) is 25.8 Å². The number of para-hydroxylation sites is 1. The monoisotopic (exact) mass is 258 g/mol. The molecule has 1 aromatic carbocycles. The maximum absolute atomic E-state index is 5.52. The van der Waals surface area contributed by atoms with Crippen LogP contribution in [-0.4, -0.2) is 29.3 Å². The van der Waals surface area contributed by atoms with Crippen molar-refractivity contribution in [3.05, 3.63) is 30.2 Å². The highest BCUT2D eigenvalue weighted by Gasteiger charge is 2.16. The molecule has 1 saturated heterocycles. The summed E-state index contributed by atoms with van der Waals surface area (Å²) in [5, 5.41) is 15.0. The average molecular weight is 258 g/mol. The van der Waals surface area contributed by atoms with Crippen LogP contribution in [0.25, 0.3) is 11.5 Å². The third-order valence-corrected chi connectivity index (χ3v) is 3.38. The molecule has 0 atom stereocenters. The van der Waals surface area contributed by atoms with E-state index in [0.717, 1.165) is 37.2 Å². The minimum atomic E-state index is 0.506. The third kappa shape index (κ3) is 2.76. The molecule has 5 nitrogen and oxygen atoms in total. The van der Waals surface area contributed by atoms with E-state index in [9.17, 15) is 0 Å². The number of aryl methyl sites for hydroxylation is 1. The van der Waals surface area contributed by atoms with Crippen LogP contribution < -0.4 is 10.6 Å². The Labute approximate surface area is 112 Å². The molecule has 2 N–H and O–H groups in total. The van der Waals surface area contributed by atoms with E-state index in [-0.39, 0.29) is 0 Å². The van der Waals surface area contributed by atoms with Crippen LogP contribution >= 0.6 is 0 Å². The van der Waals surface area contributed by atoms with Gasteiger partial charge in [0.15, 0.2) is 0 Å². The zero-order valence-corrected chi connectivity index (χ0v) is 11.0. The maximum Gasteiger partial charge on any atom is 0.249 e. The second-order valence-electron chi connectivity index (χ2n) is 4.84. The van der Waals surface area contributed by atoms with Gasteiger partial charge in [0.1, 0.15) is 0 Å². The molecule has 0 spiro atoms. The fourth-order valence-electron chi connectivity index (χ4n) is 2.39. The Morgan fingerprint density at radius 3 is 2.74 bits per heavy atom. The molecule has 2 aromatic rings. The molecule has 0 bridgehead atoms. The molecule has 2 heterocycles. The van der Waals surface area contributed by atoms with E-state index in [1.807, 2.05) is 18.2 Å². The van der Waals surface area contributed by atoms with Gasteiger partial charge >= 0.3 is 0 Å². The fourth-order valence-corrected chi connectivity index (χ4v) is 2.39. The number of rotatable bonds is 3. The molecular formula is C14H18N4O. The van der Waals surface area contributed by atoms with Gasteiger partial charge in [-0.05, 0) is 38.1 Å². The predicted molar refractivity (Wildman–Crippen MR) is 74.0 cm³/mol. The van der Waals surface area contributed by atoms with E-state index >= 15 is 0 Å². The third-order valence-electron chi connectivity index (χ3n) is 3.38. The minimum Gasteiger partial charge on any atom is -0.421 e. The summed E-state index contributed by atoms with van der Waals surface area (Å²) in [5.74, 6) is 1.17. The number of piperidine rings is 1. The smallest absolute Gasteiger partial charge is 0.249 e. The van der Waals surface area contributed by atoms with Gasteiger partial charge in [0.05, 0.1) is 5.56 Å². The number of nitrogens with zero attached hydrogens (tertiary/aromatic N) is 2. The van der Waals surface area contributed by atoms with Gasteiger partial charge in [0.25, 0.3) is 0 Å². The van der Waals surface area contributed by atoms with Crippen LogP contribution in [0.15, 0.2) is 28.7 Å². The van der Waals surface area contributed by atoms with Crippen LogP contribution in [-0.2, 0) is 0 Å². The molecule has 0 aliphatic carbocycles. The quantitative estimate of drug-likeness (QED) is 0.883. The van der Waals surface area contributed by atoms with Gasteiger partial charge in [-0.15, -0.1) is 10.2 Å². The molecule has 0 amide bonds. The highest BCUT2D eigenvalue weighted by Crippen LogP contribution is 2.28. The van der Waals surface area contributed by atoms with Crippen molar-refractivity contribution in [1.82, 2.24) is 15.5 Å². The summed E-state index contributed by atoms with van der Waals surface area (Å²) in [6, 6.07) is 8.60. The number of hydrogen-bond donors (Lipinski definition) is 2. The van der Waals surface area contributed by atoms with Gasteiger partial charge in [0.2, 0.25) is 11.8 Å². The van der Waals surface area contributed by atoms with Crippen molar-refractivity contribution < 1.29 is 4.42 Å². The van der Waals surface area contributed by atoms with Crippen molar-refractivity contribution in [3.63, 3.8) is 0 Å². The van der Waals surface area contributed by atoms with E-state index in [1.165, 1.54) is 0 Å². The SMILES string of the molecule is Cc1nnc(-c2ccccc2NC2CCNCC2)o1. The Kier molecular flexibility index (Phi) is 3.46. The lowest BCUT2D eigenvalue weighted by atomic mass is 10.1. The number of nitrogens with one attached hydrogen (secondary N) is 2. The van der Waals surface area contributed by atoms with Gasteiger partial charge in [-0.25, -0.2) is 0 Å². The first-order valence-electron chi connectivity index (χ1n) is 6.70. The van der Waals surface area contributed by atoms with Gasteiger partial charge in [0, 0.05) is 18.7 Å². The van der Waals surface area contributed by atoms with Gasteiger partial charge in [-0.2, -0.15) is 0 Å². The maximum atomic E-state index is 5.52. The standard InChI is InChI=1S/C14H18N4O/c1-10-17-18-14(19-10)12-4-2-3-5-13(12)16-11-6-8-15-9-7-11/h2-5,11,15-16H,6-9H2,1H3. The van der Waals surface area contributed by atoms with Crippen molar-refractivity contribution in [2.24, 2.45) is 0 Å². The molecular weight excluding hydrogens is 240 g/mol. The molecule has 100 valence electrons. The van der Waals surface area contributed by atoms with Crippen LogP contribution in [0.3, 0.4) is 0 Å². The second-order valence-corrected chi connectivity index (χ2v) is 4.84. The molecule has 3 rings (SSSR count). The Balaban J connectivity index is 1.84. The highest BCUT2D eigenvalue weighted by atomic mass is 16.4. The lowest BCUT2D eigenvalue weighted by molar-refractivity contribution is 0.479. The predicted octanol–water partition coefficient (Wildman–Crippen LogP) is 2.21. The molecule has 5 heteroatoms. The molecule has 0 radical (unpaired) electrons. The Hall–Kier alpha value is -1.88. The summed E-state index contributed by atoms with van der Waals surface area (Å²) in [5.41, 5.74) is 2.04. The van der Waals surface area contributed by atoms with Crippen LogP contribution in [0.2, 0.25) is 0 Å². The number of aromatic nitrogens is 2. The first-order chi connectivity index (χ1) is 9.33. The topological polar surface area (TPSA) is 63.0 Å². The molecule has 1 aliphatic heterocycles. The lowest BCUT2D eigenvalue weighted by Gasteiger charge is -2.25. The average Bonchev–Trinajstić information content (AvgIpc) is 2.87. The molecule has 19 heavy (non-hydrogen) atoms. The Morgan fingerprint density at radius 2 is 2.00 bits per heavy atom. The van der Waals surface area contributed by atoms with Gasteiger partial charge in [-0.1, -0.05) is 12.1 Å². The molecule has 0 saturated carbocycles. The van der Waals surface area contributed by atoms with Gasteiger partial charge < -0.3 is 15.1 Å². The van der Waals surface area contributed by atoms with Crippen molar-refractivity contribution >= 4 is 5.69 Å². The van der Waals surface area contributed by atoms with Crippen LogP contribution in [0.4, 0.5) is 5.69 Å². The van der Waals surface area contributed by atoms with Crippen LogP contribution in [0, 0.1) is 6.92 Å². The van der Waals surface area contributed by atoms with Crippen LogP contribution in [0.5, 0.6) is 0 Å². The number of benzene rings is 1. The summed E-state index contributed by atoms with van der Waals surface area (Å²) >= 11 is 0. The van der Waals surface area contributed by atoms with Crippen molar-refractivity contribution in [2.75, 3.05) is 18.4 Å². The van der Waals surface area contributed by atoms with Crippen molar-refractivity contribution in [1.29, 1.82) is 0 Å². The molecule has 1 fully saturated rings. The Bertz CT molecular complexity index is 546. The second kappa shape index (κ2) is 5.40. The van der Waals surface area contributed by atoms with E-state index in [4.69, 9.17) is 4.42 Å². The fraction of sp³-hybridized carbons (Fsp3) is 0.429. The van der Waals surface area contributed by atoms with Crippen molar-refractivity contribution in [3.8, 4) is 11.5 Å². The van der Waals surface area contributed by atoms with Crippen LogP contribution in [0.1, 0.15) is 18.7 Å². The largest absolute Gasteiger partial charge is 0.421 e. The highest BCUT2D eigenvalue weighted by molar-refractivity contribution is 5.72. The van der Waals surface area contributed by atoms with E-state index < -0.39 is 0 Å². The molecule has 0 unspecified atom stereocenters. The zero-order chi connectivity index (χ0) is 13.1. The minimum absolute atomic E-state index is 0.506. The summed E-state index contributed by atoms with van der Waals surface area (Å²) < 4.78 is 5.52. The summed E-state index contributed by atoms with van der Waals surface area (Å²) in [7, 11) is 0. The molecule has 1 aromatic heterocycles.